The molecule has 27 heavy (non-hydrogen) atoms. The van der Waals surface area contributed by atoms with Crippen molar-refractivity contribution >= 4 is 28.3 Å². The van der Waals surface area contributed by atoms with Crippen LogP contribution in [-0.2, 0) is 0 Å². The number of benzene rings is 2. The fraction of sp³-hybridized carbons (Fsp3) is 0.0909. The number of pyridine rings is 2. The van der Waals surface area contributed by atoms with E-state index in [0.29, 0.717) is 21.9 Å². The first-order valence-electron chi connectivity index (χ1n) is 8.63. The number of anilines is 1. The van der Waals surface area contributed by atoms with E-state index in [-0.39, 0.29) is 11.8 Å². The summed E-state index contributed by atoms with van der Waals surface area (Å²) in [4.78, 5) is 8.74. The second kappa shape index (κ2) is 7.25. The number of phenolic OH excluding ortho intramolecular Hbond substituents is 1. The molecule has 4 nitrogen and oxygen atoms in total. The molecule has 0 saturated carbocycles. The minimum absolute atomic E-state index is 0.137. The molecule has 0 aliphatic heterocycles. The van der Waals surface area contributed by atoms with Crippen LogP contribution in [0, 0.1) is 6.92 Å². The van der Waals surface area contributed by atoms with Crippen LogP contribution in [0.5, 0.6) is 5.75 Å². The quantitative estimate of drug-likeness (QED) is 0.494. The summed E-state index contributed by atoms with van der Waals surface area (Å²) in [7, 11) is 0. The predicted octanol–water partition coefficient (Wildman–Crippen LogP) is 5.50. The molecule has 0 aliphatic rings. The lowest BCUT2D eigenvalue weighted by atomic mass is 9.96. The second-order valence-electron chi connectivity index (χ2n) is 6.40. The van der Waals surface area contributed by atoms with E-state index >= 15 is 0 Å². The Balaban J connectivity index is 1.88. The normalized spacial score (nSPS) is 12.1. The van der Waals surface area contributed by atoms with E-state index in [2.05, 4.69) is 15.3 Å². The maximum atomic E-state index is 10.9. The molecular weight excluding hydrogens is 358 g/mol. The molecule has 0 saturated heterocycles. The molecule has 2 heterocycles. The first-order chi connectivity index (χ1) is 13.1. The molecule has 5 heteroatoms. The Morgan fingerprint density at radius 3 is 2.59 bits per heavy atom. The third-order valence-corrected chi connectivity index (χ3v) is 4.86. The van der Waals surface area contributed by atoms with E-state index in [1.807, 2.05) is 67.6 Å². The molecule has 2 aromatic heterocycles. The van der Waals surface area contributed by atoms with Gasteiger partial charge in [0.1, 0.15) is 17.1 Å². The highest BCUT2D eigenvalue weighted by Gasteiger charge is 2.22. The van der Waals surface area contributed by atoms with Crippen molar-refractivity contribution in [3.05, 3.63) is 94.8 Å². The fourth-order valence-corrected chi connectivity index (χ4v) is 3.42. The summed E-state index contributed by atoms with van der Waals surface area (Å²) in [6.45, 7) is 2.01. The minimum atomic E-state index is -0.376. The fourth-order valence-electron chi connectivity index (χ4n) is 3.17. The summed E-state index contributed by atoms with van der Waals surface area (Å²) in [6.07, 6.45) is 3.43. The van der Waals surface area contributed by atoms with Gasteiger partial charge in [-0.2, -0.15) is 0 Å². The molecule has 0 unspecified atom stereocenters. The number of nitrogens with one attached hydrogen (secondary N) is 1. The highest BCUT2D eigenvalue weighted by Crippen LogP contribution is 2.38. The number of aromatic nitrogens is 2. The van der Waals surface area contributed by atoms with Gasteiger partial charge in [0.15, 0.2) is 0 Å². The molecule has 1 atom stereocenters. The zero-order valence-corrected chi connectivity index (χ0v) is 15.5. The number of aryl methyl sites for hydroxylation is 1. The molecule has 2 N–H and O–H groups in total. The van der Waals surface area contributed by atoms with Crippen LogP contribution in [-0.4, -0.2) is 15.1 Å². The molecule has 4 aromatic rings. The van der Waals surface area contributed by atoms with E-state index in [0.717, 1.165) is 16.5 Å². The smallest absolute Gasteiger partial charge is 0.147 e. The first-order valence-corrected chi connectivity index (χ1v) is 9.01. The topological polar surface area (TPSA) is 58.0 Å². The summed E-state index contributed by atoms with van der Waals surface area (Å²) in [5.74, 6) is 0.846. The van der Waals surface area contributed by atoms with Crippen molar-refractivity contribution in [1.29, 1.82) is 0 Å². The Hall–Kier alpha value is -3.11. The highest BCUT2D eigenvalue weighted by molar-refractivity contribution is 6.31. The van der Waals surface area contributed by atoms with Crippen LogP contribution in [0.1, 0.15) is 22.7 Å². The average molecular weight is 376 g/mol. The number of halogens is 1. The van der Waals surface area contributed by atoms with E-state index in [1.165, 1.54) is 0 Å². The van der Waals surface area contributed by atoms with Crippen LogP contribution < -0.4 is 5.32 Å². The van der Waals surface area contributed by atoms with Gasteiger partial charge in [-0.1, -0.05) is 48.0 Å². The van der Waals surface area contributed by atoms with Crippen molar-refractivity contribution in [3.8, 4) is 5.75 Å². The van der Waals surface area contributed by atoms with E-state index in [9.17, 15) is 5.11 Å². The molecule has 0 fully saturated rings. The van der Waals surface area contributed by atoms with Gasteiger partial charge in [0.05, 0.1) is 6.04 Å². The van der Waals surface area contributed by atoms with Crippen molar-refractivity contribution in [2.24, 2.45) is 0 Å². The summed E-state index contributed by atoms with van der Waals surface area (Å²) >= 11 is 6.48. The van der Waals surface area contributed by atoms with E-state index in [4.69, 9.17) is 11.6 Å². The zero-order valence-electron chi connectivity index (χ0n) is 14.7. The van der Waals surface area contributed by atoms with Gasteiger partial charge in [-0.15, -0.1) is 0 Å². The van der Waals surface area contributed by atoms with Crippen molar-refractivity contribution in [2.75, 3.05) is 5.32 Å². The number of hydrogen-bond donors (Lipinski definition) is 2. The van der Waals surface area contributed by atoms with Crippen molar-refractivity contribution < 1.29 is 5.11 Å². The van der Waals surface area contributed by atoms with Crippen molar-refractivity contribution in [2.45, 2.75) is 13.0 Å². The average Bonchev–Trinajstić information content (AvgIpc) is 2.68. The second-order valence-corrected chi connectivity index (χ2v) is 6.80. The van der Waals surface area contributed by atoms with Gasteiger partial charge in [-0.3, -0.25) is 4.98 Å². The van der Waals surface area contributed by atoms with Crippen LogP contribution in [0.25, 0.3) is 10.9 Å². The maximum absolute atomic E-state index is 10.9. The first kappa shape index (κ1) is 17.3. The van der Waals surface area contributed by atoms with Gasteiger partial charge >= 0.3 is 0 Å². The zero-order chi connectivity index (χ0) is 18.8. The lowest BCUT2D eigenvalue weighted by Crippen LogP contribution is -2.14. The standard InChI is InChI=1S/C22H18ClN3O/c1-14-10-12-24-19(13-14)26-21(16-6-2-3-7-18(16)23)17-9-8-15-5-4-11-25-20(15)22(17)27/h2-13,21,27H,1H3,(H,24,26)/t21-/m1/s1. The monoisotopic (exact) mass is 375 g/mol. The Morgan fingerprint density at radius 1 is 0.926 bits per heavy atom. The summed E-state index contributed by atoms with van der Waals surface area (Å²) in [5, 5.41) is 15.8. The van der Waals surface area contributed by atoms with Crippen LogP contribution in [0.15, 0.2) is 73.1 Å². The van der Waals surface area contributed by atoms with Crippen LogP contribution in [0.2, 0.25) is 5.02 Å². The minimum Gasteiger partial charge on any atom is -0.505 e. The number of rotatable bonds is 4. The number of nitrogens with zero attached hydrogens (tertiary/aromatic N) is 2. The molecule has 0 spiro atoms. The SMILES string of the molecule is Cc1ccnc(N[C@H](c2ccccc2Cl)c2ccc3cccnc3c2O)c1. The van der Waals surface area contributed by atoms with Crippen molar-refractivity contribution in [1.82, 2.24) is 9.97 Å². The van der Waals surface area contributed by atoms with Gasteiger partial charge < -0.3 is 10.4 Å². The summed E-state index contributed by atoms with van der Waals surface area (Å²) in [6, 6.07) is 18.7. The molecule has 0 bridgehead atoms. The lowest BCUT2D eigenvalue weighted by molar-refractivity contribution is 0.471. The van der Waals surface area contributed by atoms with E-state index in [1.54, 1.807) is 12.4 Å². The summed E-state index contributed by atoms with van der Waals surface area (Å²) in [5.41, 5.74) is 3.20. The summed E-state index contributed by atoms with van der Waals surface area (Å²) < 4.78 is 0. The molecule has 134 valence electrons. The largest absolute Gasteiger partial charge is 0.505 e. The highest BCUT2D eigenvalue weighted by atomic mass is 35.5. The Labute approximate surface area is 162 Å². The van der Waals surface area contributed by atoms with E-state index < -0.39 is 0 Å². The molecule has 0 aliphatic carbocycles. The Bertz CT molecular complexity index is 1110. The third kappa shape index (κ3) is 3.44. The molecular formula is C22H18ClN3O. The van der Waals surface area contributed by atoms with Crippen LogP contribution in [0.4, 0.5) is 5.82 Å². The molecule has 0 radical (unpaired) electrons. The molecule has 2 aromatic carbocycles. The van der Waals surface area contributed by atoms with Gasteiger partial charge in [0.25, 0.3) is 0 Å². The van der Waals surface area contributed by atoms with Crippen LogP contribution >= 0.6 is 11.6 Å². The van der Waals surface area contributed by atoms with Gasteiger partial charge in [0.2, 0.25) is 0 Å². The number of fused-ring (bicyclic) bond motifs is 1. The predicted molar refractivity (Wildman–Crippen MR) is 109 cm³/mol. The molecule has 4 rings (SSSR count). The number of phenols is 1. The lowest BCUT2D eigenvalue weighted by Gasteiger charge is -2.23. The van der Waals surface area contributed by atoms with Gasteiger partial charge in [-0.05, 0) is 42.3 Å². The molecule has 0 amide bonds. The Morgan fingerprint density at radius 2 is 1.78 bits per heavy atom. The van der Waals surface area contributed by atoms with Crippen LogP contribution in [0.3, 0.4) is 0 Å². The Kier molecular flexibility index (Phi) is 4.65. The third-order valence-electron chi connectivity index (χ3n) is 4.51. The maximum Gasteiger partial charge on any atom is 0.147 e. The number of hydrogen-bond acceptors (Lipinski definition) is 4. The number of aromatic hydroxyl groups is 1. The van der Waals surface area contributed by atoms with Crippen molar-refractivity contribution in [3.63, 3.8) is 0 Å². The van der Waals surface area contributed by atoms with Gasteiger partial charge in [0, 0.05) is 28.4 Å². The van der Waals surface area contributed by atoms with Gasteiger partial charge in [-0.25, -0.2) is 4.98 Å².